The van der Waals surface area contributed by atoms with E-state index in [4.69, 9.17) is 9.47 Å². The number of carbonyl (C=O) groups is 1. The molecule has 1 aliphatic heterocycles. The molecule has 4 rings (SSSR count). The van der Waals surface area contributed by atoms with E-state index in [1.165, 1.54) is 0 Å². The van der Waals surface area contributed by atoms with Crippen LogP contribution in [0.1, 0.15) is 19.4 Å². The average molecular weight is 398 g/mol. The van der Waals surface area contributed by atoms with Gasteiger partial charge < -0.3 is 14.8 Å². The minimum absolute atomic E-state index is 0.0419. The van der Waals surface area contributed by atoms with Gasteiger partial charge in [-0.3, -0.25) is 9.48 Å². The molecule has 1 aromatic carbocycles. The molecule has 0 spiro atoms. The average Bonchev–Trinajstić information content (AvgIpc) is 3.38. The van der Waals surface area contributed by atoms with E-state index < -0.39 is 0 Å². The highest BCUT2D eigenvalue weighted by atomic mass is 32.1. The van der Waals surface area contributed by atoms with Gasteiger partial charge in [0.25, 0.3) is 5.91 Å². The van der Waals surface area contributed by atoms with Crippen LogP contribution in [-0.2, 0) is 17.8 Å². The van der Waals surface area contributed by atoms with Crippen molar-refractivity contribution in [1.29, 1.82) is 0 Å². The molecule has 1 N–H and O–H groups in total. The maximum Gasteiger partial charge on any atom is 0.258 e. The van der Waals surface area contributed by atoms with Crippen LogP contribution in [0.3, 0.4) is 0 Å². The molecule has 0 saturated heterocycles. The fraction of sp³-hybridized carbons (Fsp3) is 0.333. The summed E-state index contributed by atoms with van der Waals surface area (Å²) in [6.07, 6.45) is 2.76. The van der Waals surface area contributed by atoms with Gasteiger partial charge in [-0.1, -0.05) is 18.2 Å². The number of benzene rings is 1. The molecule has 6 nitrogen and oxygen atoms in total. The van der Waals surface area contributed by atoms with Crippen LogP contribution in [0.4, 0.5) is 0 Å². The Kier molecular flexibility index (Phi) is 5.09. The predicted molar refractivity (Wildman–Crippen MR) is 109 cm³/mol. The molecule has 0 unspecified atom stereocenters. The van der Waals surface area contributed by atoms with Crippen LogP contribution in [0.25, 0.3) is 10.6 Å². The van der Waals surface area contributed by atoms with Crippen molar-refractivity contribution in [3.8, 4) is 22.1 Å². The first-order valence-corrected chi connectivity index (χ1v) is 10.2. The summed E-state index contributed by atoms with van der Waals surface area (Å²) in [4.78, 5) is 13.3. The standard InChI is InChI=1S/C21H23N3O3S/c1-21(2)13-15-5-3-6-17(20(15)27-21)26-14-19(25)22-9-11-24-10-8-16(23-24)18-7-4-12-28-18/h3-8,10,12H,9,11,13-14H2,1-2H3,(H,22,25). The van der Waals surface area contributed by atoms with Gasteiger partial charge in [0.05, 0.1) is 11.4 Å². The Morgan fingerprint density at radius 1 is 1.32 bits per heavy atom. The highest BCUT2D eigenvalue weighted by molar-refractivity contribution is 7.13. The molecule has 1 amide bonds. The molecule has 0 aliphatic carbocycles. The van der Waals surface area contributed by atoms with E-state index in [0.29, 0.717) is 18.8 Å². The quantitative estimate of drug-likeness (QED) is 0.663. The third-order valence-electron chi connectivity index (χ3n) is 4.49. The van der Waals surface area contributed by atoms with E-state index in [0.717, 1.165) is 28.3 Å². The number of nitrogens with one attached hydrogen (secondary N) is 1. The molecule has 7 heteroatoms. The lowest BCUT2D eigenvalue weighted by molar-refractivity contribution is -0.123. The Balaban J connectivity index is 1.25. The molecule has 0 radical (unpaired) electrons. The molecular weight excluding hydrogens is 374 g/mol. The van der Waals surface area contributed by atoms with Crippen LogP contribution in [0.5, 0.6) is 11.5 Å². The largest absolute Gasteiger partial charge is 0.483 e. The number of fused-ring (bicyclic) bond motifs is 1. The van der Waals surface area contributed by atoms with Crippen molar-refractivity contribution in [2.24, 2.45) is 0 Å². The number of hydrogen-bond donors (Lipinski definition) is 1. The molecule has 0 atom stereocenters. The number of hydrogen-bond acceptors (Lipinski definition) is 5. The van der Waals surface area contributed by atoms with Crippen molar-refractivity contribution in [3.63, 3.8) is 0 Å². The zero-order valence-electron chi connectivity index (χ0n) is 16.0. The Hall–Kier alpha value is -2.80. The Labute approximate surface area is 168 Å². The number of amides is 1. The minimum atomic E-state index is -0.240. The van der Waals surface area contributed by atoms with E-state index in [9.17, 15) is 4.79 Å². The third-order valence-corrected chi connectivity index (χ3v) is 5.38. The zero-order chi connectivity index (χ0) is 19.6. The van der Waals surface area contributed by atoms with Gasteiger partial charge in [-0.2, -0.15) is 5.10 Å². The molecule has 146 valence electrons. The number of thiophene rings is 1. The van der Waals surface area contributed by atoms with Crippen molar-refractivity contribution < 1.29 is 14.3 Å². The Bertz CT molecular complexity index is 963. The number of nitrogens with zero attached hydrogens (tertiary/aromatic N) is 2. The maximum atomic E-state index is 12.1. The van der Waals surface area contributed by atoms with Gasteiger partial charge >= 0.3 is 0 Å². The van der Waals surface area contributed by atoms with E-state index >= 15 is 0 Å². The summed E-state index contributed by atoms with van der Waals surface area (Å²) in [6.45, 7) is 5.14. The highest BCUT2D eigenvalue weighted by Gasteiger charge is 2.32. The molecule has 1 aliphatic rings. The third kappa shape index (κ3) is 4.20. The fourth-order valence-electron chi connectivity index (χ4n) is 3.25. The van der Waals surface area contributed by atoms with Gasteiger partial charge in [0.1, 0.15) is 11.3 Å². The van der Waals surface area contributed by atoms with Gasteiger partial charge in [0, 0.05) is 24.7 Å². The number of carbonyl (C=O) groups excluding carboxylic acids is 1. The number of rotatable bonds is 7. The monoisotopic (exact) mass is 397 g/mol. The lowest BCUT2D eigenvalue weighted by atomic mass is 10.0. The highest BCUT2D eigenvalue weighted by Crippen LogP contribution is 2.41. The first-order chi connectivity index (χ1) is 13.5. The van der Waals surface area contributed by atoms with Gasteiger partial charge in [-0.05, 0) is 37.4 Å². The second kappa shape index (κ2) is 7.67. The second-order valence-corrected chi connectivity index (χ2v) is 8.31. The first-order valence-electron chi connectivity index (χ1n) is 9.28. The number of para-hydroxylation sites is 1. The van der Waals surface area contributed by atoms with Gasteiger partial charge in [0.15, 0.2) is 18.1 Å². The molecule has 0 saturated carbocycles. The molecule has 2 aromatic heterocycles. The van der Waals surface area contributed by atoms with Gasteiger partial charge in [0.2, 0.25) is 0 Å². The van der Waals surface area contributed by atoms with Gasteiger partial charge in [-0.15, -0.1) is 11.3 Å². The summed E-state index contributed by atoms with van der Waals surface area (Å²) in [5.41, 5.74) is 1.82. The molecule has 28 heavy (non-hydrogen) atoms. The fourth-order valence-corrected chi connectivity index (χ4v) is 3.94. The van der Waals surface area contributed by atoms with Gasteiger partial charge in [-0.25, -0.2) is 0 Å². The molecule has 0 bridgehead atoms. The van der Waals surface area contributed by atoms with Crippen molar-refractivity contribution in [2.45, 2.75) is 32.4 Å². The summed E-state index contributed by atoms with van der Waals surface area (Å²) < 4.78 is 13.5. The normalized spacial score (nSPS) is 14.4. The number of ether oxygens (including phenoxy) is 2. The van der Waals surface area contributed by atoms with Crippen molar-refractivity contribution in [2.75, 3.05) is 13.2 Å². The van der Waals surface area contributed by atoms with E-state index in [2.05, 4.69) is 10.4 Å². The SMILES string of the molecule is CC1(C)Cc2cccc(OCC(=O)NCCn3ccc(-c4cccs4)n3)c2O1. The smallest absolute Gasteiger partial charge is 0.258 e. The Morgan fingerprint density at radius 2 is 2.21 bits per heavy atom. The minimum Gasteiger partial charge on any atom is -0.483 e. The summed E-state index contributed by atoms with van der Waals surface area (Å²) in [5, 5.41) is 9.42. The van der Waals surface area contributed by atoms with E-state index in [1.807, 2.05) is 66.5 Å². The van der Waals surface area contributed by atoms with Crippen LogP contribution < -0.4 is 14.8 Å². The molecular formula is C21H23N3O3S. The van der Waals surface area contributed by atoms with E-state index in [1.54, 1.807) is 11.3 Å². The predicted octanol–water partition coefficient (Wildman–Crippen LogP) is 3.52. The second-order valence-electron chi connectivity index (χ2n) is 7.36. The van der Waals surface area contributed by atoms with Crippen LogP contribution in [-0.4, -0.2) is 34.4 Å². The summed E-state index contributed by atoms with van der Waals surface area (Å²) in [7, 11) is 0. The molecule has 0 fully saturated rings. The molecule has 3 heterocycles. The number of aromatic nitrogens is 2. The van der Waals surface area contributed by atoms with E-state index in [-0.39, 0.29) is 18.1 Å². The van der Waals surface area contributed by atoms with Crippen molar-refractivity contribution >= 4 is 17.2 Å². The topological polar surface area (TPSA) is 65.4 Å². The summed E-state index contributed by atoms with van der Waals surface area (Å²) >= 11 is 1.66. The van der Waals surface area contributed by atoms with Crippen molar-refractivity contribution in [3.05, 3.63) is 53.5 Å². The Morgan fingerprint density at radius 3 is 3.04 bits per heavy atom. The zero-order valence-corrected chi connectivity index (χ0v) is 16.8. The van der Waals surface area contributed by atoms with Crippen molar-refractivity contribution in [1.82, 2.24) is 15.1 Å². The lowest BCUT2D eigenvalue weighted by Gasteiger charge is -2.18. The lowest BCUT2D eigenvalue weighted by Crippen LogP contribution is -2.31. The maximum absolute atomic E-state index is 12.1. The van der Waals surface area contributed by atoms with Crippen LogP contribution in [0.15, 0.2) is 48.0 Å². The molecule has 3 aromatic rings. The van der Waals surface area contributed by atoms with Crippen LogP contribution in [0, 0.1) is 0 Å². The first kappa shape index (κ1) is 18.6. The van der Waals surface area contributed by atoms with Crippen LogP contribution >= 0.6 is 11.3 Å². The summed E-state index contributed by atoms with van der Waals surface area (Å²) in [6, 6.07) is 11.8. The summed E-state index contributed by atoms with van der Waals surface area (Å²) in [5.74, 6) is 1.20. The van der Waals surface area contributed by atoms with Crippen LogP contribution in [0.2, 0.25) is 0 Å².